The first-order chi connectivity index (χ1) is 17.2. The summed E-state index contributed by atoms with van der Waals surface area (Å²) in [6.45, 7) is 8.93. The zero-order chi connectivity index (χ0) is 26.7. The average Bonchev–Trinajstić information content (AvgIpc) is 2.88. The molecule has 0 spiro atoms. The van der Waals surface area contributed by atoms with Crippen LogP contribution in [0.3, 0.4) is 0 Å². The molecule has 2 aromatic rings. The lowest BCUT2D eigenvalue weighted by Gasteiger charge is -2.09. The molecule has 0 aromatic heterocycles. The molecule has 0 aliphatic rings. The predicted octanol–water partition coefficient (Wildman–Crippen LogP) is 7.15. The highest BCUT2D eigenvalue weighted by molar-refractivity contribution is 7.91. The van der Waals surface area contributed by atoms with Crippen LogP contribution < -0.4 is 4.74 Å². The second kappa shape index (κ2) is 13.3. The van der Waals surface area contributed by atoms with E-state index >= 15 is 0 Å². The minimum Gasteiger partial charge on any atom is -0.507 e. The topological polar surface area (TPSA) is 80.7 Å². The number of sulfone groups is 1. The molecule has 188 valence electrons. The van der Waals surface area contributed by atoms with Crippen LogP contribution in [-0.2, 0) is 14.6 Å². The number of rotatable bonds is 10. The van der Waals surface area contributed by atoms with Crippen molar-refractivity contribution in [2.24, 2.45) is 0 Å². The molecule has 1 N–H and O–H groups in total. The Balaban J connectivity index is 2.18. The number of hydrogen-bond acceptors (Lipinski definition) is 5. The predicted molar refractivity (Wildman–Crippen MR) is 145 cm³/mol. The second-order valence-electron chi connectivity index (χ2n) is 7.77. The monoisotopic (exact) mass is 504 g/mol. The molecule has 0 amide bonds. The number of ketones is 1. The van der Waals surface area contributed by atoms with Crippen molar-refractivity contribution in [1.82, 2.24) is 0 Å². The van der Waals surface area contributed by atoms with E-state index < -0.39 is 9.84 Å². The molecule has 36 heavy (non-hydrogen) atoms. The van der Waals surface area contributed by atoms with Gasteiger partial charge in [0.2, 0.25) is 9.84 Å². The number of aliphatic hydroxyl groups excluding tert-OH is 1. The highest BCUT2D eigenvalue weighted by Crippen LogP contribution is 2.24. The van der Waals surface area contributed by atoms with Crippen LogP contribution >= 0.6 is 0 Å². The van der Waals surface area contributed by atoms with Crippen molar-refractivity contribution >= 4 is 15.6 Å². The first-order valence-electron chi connectivity index (χ1n) is 11.5. The average molecular weight is 505 g/mol. The molecule has 2 aromatic carbocycles. The standard InChI is InChI=1S/C30H32O5S/c1-6-10-11-29(31)28(9-4)30(32)23(7-2)14-15-24(8-3)35-25-16-20-27(21-17-25)36(33,34)26-18-12-22(5)13-19-26/h6-21,31H,1-5H3/b10-6-,15-14-,23-7+,24-8+,28-9+,29-11+. The third-order valence-electron chi connectivity index (χ3n) is 5.24. The second-order valence-corrected chi connectivity index (χ2v) is 9.72. The molecule has 5 nitrogen and oxygen atoms in total. The maximum absolute atomic E-state index is 12.9. The Morgan fingerprint density at radius 3 is 1.92 bits per heavy atom. The van der Waals surface area contributed by atoms with E-state index in [0.29, 0.717) is 17.1 Å². The molecular formula is C30H32O5S. The van der Waals surface area contributed by atoms with E-state index in [2.05, 4.69) is 0 Å². The van der Waals surface area contributed by atoms with Crippen molar-refractivity contribution in [2.75, 3.05) is 0 Å². The van der Waals surface area contributed by atoms with Crippen molar-refractivity contribution in [2.45, 2.75) is 44.4 Å². The number of carbonyl (C=O) groups excluding carboxylic acids is 1. The zero-order valence-electron chi connectivity index (χ0n) is 21.2. The Morgan fingerprint density at radius 2 is 1.42 bits per heavy atom. The summed E-state index contributed by atoms with van der Waals surface area (Å²) in [7, 11) is -3.63. The summed E-state index contributed by atoms with van der Waals surface area (Å²) in [6.07, 6.45) is 13.1. The summed E-state index contributed by atoms with van der Waals surface area (Å²) in [5.41, 5.74) is 1.56. The van der Waals surface area contributed by atoms with Gasteiger partial charge in [-0.1, -0.05) is 42.0 Å². The number of aryl methyl sites for hydroxylation is 1. The van der Waals surface area contributed by atoms with Gasteiger partial charge in [0.15, 0.2) is 5.78 Å². The summed E-state index contributed by atoms with van der Waals surface area (Å²) in [5, 5.41) is 10.2. The summed E-state index contributed by atoms with van der Waals surface area (Å²) >= 11 is 0. The van der Waals surface area contributed by atoms with Crippen molar-refractivity contribution < 1.29 is 23.1 Å². The number of benzene rings is 2. The van der Waals surface area contributed by atoms with Gasteiger partial charge in [-0.05, 0) is 95.3 Å². The Hall–Kier alpha value is -3.90. The van der Waals surface area contributed by atoms with Gasteiger partial charge in [-0.25, -0.2) is 8.42 Å². The van der Waals surface area contributed by atoms with Crippen LogP contribution in [0, 0.1) is 6.92 Å². The number of allylic oxidation sites excluding steroid dienone is 10. The largest absolute Gasteiger partial charge is 0.507 e. The molecule has 0 radical (unpaired) electrons. The number of aliphatic hydroxyl groups is 1. The summed E-state index contributed by atoms with van der Waals surface area (Å²) in [6, 6.07) is 12.9. The minimum absolute atomic E-state index is 0.114. The number of carbonyl (C=O) groups is 1. The lowest BCUT2D eigenvalue weighted by molar-refractivity contribution is -0.112. The lowest BCUT2D eigenvalue weighted by atomic mass is 10.0. The maximum atomic E-state index is 12.9. The third kappa shape index (κ3) is 7.30. The highest BCUT2D eigenvalue weighted by Gasteiger charge is 2.18. The van der Waals surface area contributed by atoms with E-state index in [1.165, 1.54) is 18.2 Å². The van der Waals surface area contributed by atoms with Crippen molar-refractivity contribution in [3.63, 3.8) is 0 Å². The lowest BCUT2D eigenvalue weighted by Crippen LogP contribution is -2.07. The molecule has 0 atom stereocenters. The molecule has 0 aliphatic carbocycles. The molecule has 0 unspecified atom stereocenters. The Bertz CT molecular complexity index is 1350. The van der Waals surface area contributed by atoms with Gasteiger partial charge in [-0.3, -0.25) is 4.79 Å². The van der Waals surface area contributed by atoms with Crippen molar-refractivity contribution in [3.05, 3.63) is 125 Å². The first-order valence-corrected chi connectivity index (χ1v) is 13.0. The van der Waals surface area contributed by atoms with Gasteiger partial charge in [0.25, 0.3) is 0 Å². The van der Waals surface area contributed by atoms with E-state index in [9.17, 15) is 18.3 Å². The number of hydrogen-bond donors (Lipinski definition) is 1. The normalized spacial score (nSPS) is 14.0. The Morgan fingerprint density at radius 1 is 0.833 bits per heavy atom. The fourth-order valence-corrected chi connectivity index (χ4v) is 4.43. The van der Waals surface area contributed by atoms with Crippen LogP contribution in [0.4, 0.5) is 0 Å². The SMILES string of the molecule is C\C=C/C=C(O)\C(=C/C)C(=O)C(/C=C\C(=C/C)Oc1ccc(S(=O)(=O)c2ccc(C)cc2)cc1)=C/C. The number of Topliss-reactive ketones (excluding diaryl/α,β-unsaturated/α-hetero) is 1. The Labute approximate surface area is 214 Å². The van der Waals surface area contributed by atoms with Gasteiger partial charge in [-0.2, -0.15) is 0 Å². The molecule has 0 fully saturated rings. The van der Waals surface area contributed by atoms with Gasteiger partial charge in [0.05, 0.1) is 15.4 Å². The fraction of sp³-hybridized carbons (Fsp3) is 0.167. The fourth-order valence-electron chi connectivity index (χ4n) is 3.17. The highest BCUT2D eigenvalue weighted by atomic mass is 32.2. The van der Waals surface area contributed by atoms with Gasteiger partial charge >= 0.3 is 0 Å². The van der Waals surface area contributed by atoms with Gasteiger partial charge in [0, 0.05) is 5.57 Å². The summed E-state index contributed by atoms with van der Waals surface area (Å²) < 4.78 is 31.6. The Kier molecular flexibility index (Phi) is 10.4. The van der Waals surface area contributed by atoms with E-state index in [1.54, 1.807) is 99.7 Å². The van der Waals surface area contributed by atoms with Crippen LogP contribution in [0.5, 0.6) is 5.75 Å². The number of ether oxygens (including phenoxy) is 1. The smallest absolute Gasteiger partial charge is 0.206 e. The molecule has 2 rings (SSSR count). The van der Waals surface area contributed by atoms with E-state index in [4.69, 9.17) is 4.74 Å². The van der Waals surface area contributed by atoms with E-state index in [0.717, 1.165) is 5.56 Å². The van der Waals surface area contributed by atoms with E-state index in [1.807, 2.05) is 13.8 Å². The maximum Gasteiger partial charge on any atom is 0.206 e. The molecule has 6 heteroatoms. The summed E-state index contributed by atoms with van der Waals surface area (Å²) in [4.78, 5) is 13.3. The van der Waals surface area contributed by atoms with Gasteiger partial charge < -0.3 is 9.84 Å². The molecule has 0 saturated heterocycles. The zero-order valence-corrected chi connectivity index (χ0v) is 22.0. The van der Waals surface area contributed by atoms with Crippen LogP contribution in [-0.4, -0.2) is 19.3 Å². The molecule has 0 heterocycles. The minimum atomic E-state index is -3.63. The van der Waals surface area contributed by atoms with Crippen LogP contribution in [0.15, 0.2) is 130 Å². The molecule has 0 aliphatic heterocycles. The first kappa shape index (κ1) is 28.3. The molecular weight excluding hydrogens is 472 g/mol. The van der Waals surface area contributed by atoms with Crippen LogP contribution in [0.25, 0.3) is 0 Å². The van der Waals surface area contributed by atoms with E-state index in [-0.39, 0.29) is 26.9 Å². The third-order valence-corrected chi connectivity index (χ3v) is 7.03. The quantitative estimate of drug-likeness (QED) is 0.211. The van der Waals surface area contributed by atoms with Crippen LogP contribution in [0.1, 0.15) is 33.3 Å². The molecule has 0 bridgehead atoms. The van der Waals surface area contributed by atoms with Gasteiger partial charge in [0.1, 0.15) is 17.3 Å². The van der Waals surface area contributed by atoms with Crippen molar-refractivity contribution in [3.8, 4) is 5.75 Å². The van der Waals surface area contributed by atoms with Crippen LogP contribution in [0.2, 0.25) is 0 Å². The van der Waals surface area contributed by atoms with Gasteiger partial charge in [-0.15, -0.1) is 0 Å². The van der Waals surface area contributed by atoms with Crippen molar-refractivity contribution in [1.29, 1.82) is 0 Å². The summed E-state index contributed by atoms with van der Waals surface area (Å²) in [5.74, 6) is 0.476. The molecule has 0 saturated carbocycles.